The number of aromatic amines is 1. The van der Waals surface area contributed by atoms with Crippen LogP contribution in [0, 0.1) is 6.92 Å². The minimum atomic E-state index is -3.63. The van der Waals surface area contributed by atoms with Gasteiger partial charge in [0.25, 0.3) is 10.0 Å². The first-order valence-corrected chi connectivity index (χ1v) is 8.33. The molecule has 21 heavy (non-hydrogen) atoms. The molecule has 0 amide bonds. The Bertz CT molecular complexity index is 715. The summed E-state index contributed by atoms with van der Waals surface area (Å²) in [5.41, 5.74) is 0.644. The van der Waals surface area contributed by atoms with Gasteiger partial charge in [0, 0.05) is 18.2 Å². The van der Waals surface area contributed by atoms with E-state index < -0.39 is 10.0 Å². The maximum atomic E-state index is 12.3. The van der Waals surface area contributed by atoms with Gasteiger partial charge in [-0.2, -0.15) is 5.10 Å². The van der Waals surface area contributed by atoms with Gasteiger partial charge in [-0.3, -0.25) is 5.10 Å². The molecule has 0 aliphatic heterocycles. The number of hydrogen-bond acceptors (Lipinski definition) is 5. The summed E-state index contributed by atoms with van der Waals surface area (Å²) in [4.78, 5) is 0. The van der Waals surface area contributed by atoms with Gasteiger partial charge in [-0.25, -0.2) is 13.1 Å². The van der Waals surface area contributed by atoms with Crippen LogP contribution in [-0.2, 0) is 23.1 Å². The lowest BCUT2D eigenvalue weighted by Gasteiger charge is -2.06. The maximum Gasteiger partial charge on any atom is 0.258 e. The number of sulfonamides is 1. The van der Waals surface area contributed by atoms with Crippen LogP contribution < -0.4 is 10.0 Å². The van der Waals surface area contributed by atoms with Gasteiger partial charge in [-0.05, 0) is 31.9 Å². The predicted octanol–water partition coefficient (Wildman–Crippen LogP) is 1.04. The SMILES string of the molecule is Cc1ccc(CNS(=O)(=O)c2[nH]ncc2CNC2CC2)o1. The topological polar surface area (TPSA) is 100 Å². The lowest BCUT2D eigenvalue weighted by molar-refractivity contribution is 0.475. The normalized spacial score (nSPS) is 15.5. The molecule has 0 radical (unpaired) electrons. The molecule has 2 aromatic rings. The number of aryl methyl sites for hydroxylation is 1. The molecule has 0 spiro atoms. The third-order valence-electron chi connectivity index (χ3n) is 3.34. The van der Waals surface area contributed by atoms with Gasteiger partial charge in [-0.15, -0.1) is 0 Å². The van der Waals surface area contributed by atoms with Crippen molar-refractivity contribution in [3.8, 4) is 0 Å². The van der Waals surface area contributed by atoms with Crippen molar-refractivity contribution in [3.05, 3.63) is 35.4 Å². The van der Waals surface area contributed by atoms with Gasteiger partial charge in [0.15, 0.2) is 5.03 Å². The van der Waals surface area contributed by atoms with E-state index in [1.54, 1.807) is 18.3 Å². The van der Waals surface area contributed by atoms with Crippen molar-refractivity contribution in [1.82, 2.24) is 20.2 Å². The van der Waals surface area contributed by atoms with E-state index >= 15 is 0 Å². The largest absolute Gasteiger partial charge is 0.465 e. The number of furan rings is 1. The average Bonchev–Trinajstić information content (AvgIpc) is 2.97. The molecule has 1 saturated carbocycles. The van der Waals surface area contributed by atoms with Gasteiger partial charge >= 0.3 is 0 Å². The molecule has 2 heterocycles. The van der Waals surface area contributed by atoms with Crippen LogP contribution in [0.15, 0.2) is 27.8 Å². The Kier molecular flexibility index (Phi) is 3.83. The van der Waals surface area contributed by atoms with E-state index in [0.717, 1.165) is 18.6 Å². The molecule has 3 N–H and O–H groups in total. The Morgan fingerprint density at radius 1 is 1.38 bits per heavy atom. The number of nitrogens with one attached hydrogen (secondary N) is 3. The summed E-state index contributed by atoms with van der Waals surface area (Å²) < 4.78 is 32.5. The number of hydrogen-bond donors (Lipinski definition) is 3. The summed E-state index contributed by atoms with van der Waals surface area (Å²) in [6.45, 7) is 2.43. The van der Waals surface area contributed by atoms with E-state index in [2.05, 4.69) is 20.2 Å². The Morgan fingerprint density at radius 3 is 2.86 bits per heavy atom. The molecular formula is C13H18N4O3S. The lowest BCUT2D eigenvalue weighted by Crippen LogP contribution is -2.25. The first-order chi connectivity index (χ1) is 10.0. The molecule has 1 aliphatic carbocycles. The first kappa shape index (κ1) is 14.3. The number of rotatable bonds is 7. The van der Waals surface area contributed by atoms with Gasteiger partial charge in [-0.1, -0.05) is 0 Å². The Hall–Kier alpha value is -1.64. The van der Waals surface area contributed by atoms with Crippen molar-refractivity contribution in [1.29, 1.82) is 0 Å². The van der Waals surface area contributed by atoms with Crippen LogP contribution in [0.2, 0.25) is 0 Å². The van der Waals surface area contributed by atoms with Gasteiger partial charge in [0.2, 0.25) is 0 Å². The van der Waals surface area contributed by atoms with E-state index in [-0.39, 0.29) is 11.6 Å². The number of aromatic nitrogens is 2. The van der Waals surface area contributed by atoms with Crippen LogP contribution in [0.4, 0.5) is 0 Å². The first-order valence-electron chi connectivity index (χ1n) is 6.85. The van der Waals surface area contributed by atoms with Crippen molar-refractivity contribution < 1.29 is 12.8 Å². The zero-order valence-corrected chi connectivity index (χ0v) is 12.5. The van der Waals surface area contributed by atoms with E-state index in [1.807, 2.05) is 6.92 Å². The third kappa shape index (κ3) is 3.52. The van der Waals surface area contributed by atoms with Gasteiger partial charge in [0.05, 0.1) is 12.7 Å². The molecule has 1 fully saturated rings. The van der Waals surface area contributed by atoms with Gasteiger partial charge in [0.1, 0.15) is 11.5 Å². The standard InChI is InChI=1S/C13H18N4O3S/c1-9-2-5-12(20-9)8-16-21(18,19)13-10(7-15-17-13)6-14-11-3-4-11/h2,5,7,11,14,16H,3-4,6,8H2,1H3,(H,15,17). The Balaban J connectivity index is 1.67. The maximum absolute atomic E-state index is 12.3. The van der Waals surface area contributed by atoms with Crippen molar-refractivity contribution in [2.75, 3.05) is 0 Å². The van der Waals surface area contributed by atoms with Crippen LogP contribution in [-0.4, -0.2) is 24.7 Å². The molecule has 8 heteroatoms. The molecule has 7 nitrogen and oxygen atoms in total. The van der Waals surface area contributed by atoms with E-state index in [0.29, 0.717) is 23.9 Å². The van der Waals surface area contributed by atoms with Crippen LogP contribution in [0.25, 0.3) is 0 Å². The summed E-state index contributed by atoms with van der Waals surface area (Å²) in [6.07, 6.45) is 3.84. The highest BCUT2D eigenvalue weighted by Crippen LogP contribution is 2.20. The Labute approximate surface area is 123 Å². The van der Waals surface area contributed by atoms with Crippen LogP contribution in [0.5, 0.6) is 0 Å². The summed E-state index contributed by atoms with van der Waals surface area (Å²) >= 11 is 0. The molecule has 3 rings (SSSR count). The van der Waals surface area contributed by atoms with E-state index in [9.17, 15) is 8.42 Å². The van der Waals surface area contributed by atoms with Crippen LogP contribution in [0.1, 0.15) is 29.9 Å². The van der Waals surface area contributed by atoms with Gasteiger partial charge < -0.3 is 9.73 Å². The highest BCUT2D eigenvalue weighted by atomic mass is 32.2. The van der Waals surface area contributed by atoms with Crippen molar-refractivity contribution >= 4 is 10.0 Å². The number of nitrogens with zero attached hydrogens (tertiary/aromatic N) is 1. The average molecular weight is 310 g/mol. The van der Waals surface area contributed by atoms with Crippen LogP contribution >= 0.6 is 0 Å². The molecule has 0 saturated heterocycles. The minimum Gasteiger partial charge on any atom is -0.465 e. The number of H-pyrrole nitrogens is 1. The second-order valence-corrected chi connectivity index (χ2v) is 6.92. The lowest BCUT2D eigenvalue weighted by atomic mass is 10.3. The monoisotopic (exact) mass is 310 g/mol. The van der Waals surface area contributed by atoms with Crippen LogP contribution in [0.3, 0.4) is 0 Å². The fourth-order valence-corrected chi connectivity index (χ4v) is 3.14. The van der Waals surface area contributed by atoms with E-state index in [4.69, 9.17) is 4.42 Å². The smallest absolute Gasteiger partial charge is 0.258 e. The highest BCUT2D eigenvalue weighted by molar-refractivity contribution is 7.89. The summed E-state index contributed by atoms with van der Waals surface area (Å²) in [6, 6.07) is 4.06. The third-order valence-corrected chi connectivity index (χ3v) is 4.75. The molecule has 0 unspecified atom stereocenters. The predicted molar refractivity (Wildman–Crippen MR) is 75.9 cm³/mol. The zero-order valence-electron chi connectivity index (χ0n) is 11.7. The molecule has 114 valence electrons. The quantitative estimate of drug-likeness (QED) is 0.709. The molecule has 2 aromatic heterocycles. The minimum absolute atomic E-state index is 0.110. The van der Waals surface area contributed by atoms with Crippen molar-refractivity contribution in [2.45, 2.75) is 43.9 Å². The summed E-state index contributed by atoms with van der Waals surface area (Å²) in [5.74, 6) is 1.33. The van der Waals surface area contributed by atoms with Crippen molar-refractivity contribution in [3.63, 3.8) is 0 Å². The van der Waals surface area contributed by atoms with Crippen molar-refractivity contribution in [2.24, 2.45) is 0 Å². The molecular weight excluding hydrogens is 292 g/mol. The fraction of sp³-hybridized carbons (Fsp3) is 0.462. The second-order valence-electron chi connectivity index (χ2n) is 5.22. The summed E-state index contributed by atoms with van der Waals surface area (Å²) in [7, 11) is -3.63. The highest BCUT2D eigenvalue weighted by Gasteiger charge is 2.24. The molecule has 1 aliphatic rings. The Morgan fingerprint density at radius 2 is 2.19 bits per heavy atom. The fourth-order valence-electron chi connectivity index (χ4n) is 2.02. The zero-order chi connectivity index (χ0) is 14.9. The summed E-state index contributed by atoms with van der Waals surface area (Å²) in [5, 5.41) is 9.79. The molecule has 0 bridgehead atoms. The molecule has 0 aromatic carbocycles. The van der Waals surface area contributed by atoms with E-state index in [1.165, 1.54) is 0 Å². The second kappa shape index (κ2) is 5.63. The molecule has 0 atom stereocenters.